The summed E-state index contributed by atoms with van der Waals surface area (Å²) >= 11 is 10.1. The van der Waals surface area contributed by atoms with Crippen molar-refractivity contribution in [3.05, 3.63) is 228 Å². The number of amides is 3. The van der Waals surface area contributed by atoms with Gasteiger partial charge >= 0.3 is 0 Å². The molecule has 3 amide bonds. The normalized spacial score (nSPS) is 14.2. The first kappa shape index (κ1) is 87.3. The number of aryl methyl sites for hydroxylation is 2. The Labute approximate surface area is 598 Å². The van der Waals surface area contributed by atoms with Gasteiger partial charge in [0.1, 0.15) is 30.1 Å². The van der Waals surface area contributed by atoms with E-state index in [1.807, 2.05) is 50.2 Å². The highest BCUT2D eigenvalue weighted by Gasteiger charge is 2.37. The molecule has 16 nitrogen and oxygen atoms in total. The molecule has 3 aromatic heterocycles. The lowest BCUT2D eigenvalue weighted by atomic mass is 10.1. The molecule has 6 aromatic carbocycles. The first-order valence-corrected chi connectivity index (χ1v) is 39.2. The lowest BCUT2D eigenvalue weighted by Crippen LogP contribution is -2.36. The maximum absolute atomic E-state index is 13.3. The van der Waals surface area contributed by atoms with Gasteiger partial charge in [-0.1, -0.05) is 80.0 Å². The Morgan fingerprint density at radius 1 is 0.490 bits per heavy atom. The Bertz CT molecular complexity index is 4090. The van der Waals surface area contributed by atoms with Gasteiger partial charge in [-0.15, -0.1) is 34.0 Å². The molecule has 0 aliphatic heterocycles. The summed E-state index contributed by atoms with van der Waals surface area (Å²) in [5, 5.41) is 31.8. The second-order valence-corrected chi connectivity index (χ2v) is 35.0. The number of fused-ring (bicyclic) bond motifs is 3. The molecule has 100 heavy (non-hydrogen) atoms. The molecule has 0 bridgehead atoms. The van der Waals surface area contributed by atoms with Crippen LogP contribution in [0.5, 0.6) is 0 Å². The number of nitrogens with one attached hydrogen (secondary N) is 3. The van der Waals surface area contributed by atoms with Crippen LogP contribution in [0.2, 0.25) is 5.02 Å². The summed E-state index contributed by atoms with van der Waals surface area (Å²) in [6.45, 7) is 9.35. The molecule has 29 heteroatoms. The summed E-state index contributed by atoms with van der Waals surface area (Å²) in [6.07, 6.45) is 7.79. The molecule has 544 valence electrons. The summed E-state index contributed by atoms with van der Waals surface area (Å²) in [6, 6.07) is 26.4. The predicted octanol–water partition coefficient (Wildman–Crippen LogP) is 16.2. The predicted molar refractivity (Wildman–Crippen MR) is 399 cm³/mol. The smallest absolute Gasteiger partial charge is 0.241 e. The molecular weight excluding hydrogens is 1440 g/mol. The number of nitrogens with zero attached hydrogens (tertiary/aromatic N) is 2. The van der Waals surface area contributed by atoms with Gasteiger partial charge in [0.05, 0.1) is 55.5 Å². The van der Waals surface area contributed by atoms with E-state index in [0.29, 0.717) is 43.8 Å². The molecule has 0 aliphatic rings. The topological polar surface area (TPSA) is 242 Å². The second-order valence-electron chi connectivity index (χ2n) is 24.7. The van der Waals surface area contributed by atoms with Crippen LogP contribution in [0, 0.1) is 48.8 Å². The van der Waals surface area contributed by atoms with Crippen LogP contribution in [0.4, 0.5) is 26.3 Å². The van der Waals surface area contributed by atoms with Crippen LogP contribution in [0.15, 0.2) is 144 Å². The third-order valence-corrected chi connectivity index (χ3v) is 21.6. The zero-order chi connectivity index (χ0) is 73.3. The maximum atomic E-state index is 13.3. The van der Waals surface area contributed by atoms with Gasteiger partial charge in [-0.2, -0.15) is 0 Å². The van der Waals surface area contributed by atoms with Crippen molar-refractivity contribution >= 4 is 134 Å². The van der Waals surface area contributed by atoms with Crippen LogP contribution in [-0.2, 0) is 28.1 Å². The molecule has 9 rings (SSSR count). The molecule has 0 aliphatic carbocycles. The number of benzene rings is 6. The van der Waals surface area contributed by atoms with Crippen molar-refractivity contribution in [3.8, 4) is 0 Å². The number of carbonyl (C=O) groups excluding carboxylic acids is 3. The Balaban J connectivity index is 0.000000463. The monoisotopic (exact) mass is 1530 g/mol. The Morgan fingerprint density at radius 2 is 0.780 bits per heavy atom. The van der Waals surface area contributed by atoms with E-state index < -0.39 is 91.7 Å². The zero-order valence-corrected chi connectivity index (χ0v) is 61.3. The fourth-order valence-electron chi connectivity index (χ4n) is 9.17. The fraction of sp³-hybridized carbons (Fsp3) is 0.282. The molecule has 6 atom stereocenters. The van der Waals surface area contributed by atoms with Gasteiger partial charge in [-0.25, -0.2) is 26.3 Å². The van der Waals surface area contributed by atoms with E-state index in [0.717, 1.165) is 114 Å². The van der Waals surface area contributed by atoms with Crippen molar-refractivity contribution in [2.24, 2.45) is 0 Å². The molecular formula is C71H88ClF6N5O11P3S3+. The zero-order valence-electron chi connectivity index (χ0n) is 55.4. The third-order valence-electron chi connectivity index (χ3n) is 14.0. The van der Waals surface area contributed by atoms with Crippen molar-refractivity contribution in [2.45, 2.75) is 45.7 Å². The number of likely N-dealkylation sites (N-methyl/N-ethyl adjacent to an activating group) is 2. The molecule has 3 heterocycles. The average Bonchev–Trinajstić information content (AvgIpc) is 1.68. The minimum atomic E-state index is -4.11. The quantitative estimate of drug-likeness (QED) is 0.0228. The van der Waals surface area contributed by atoms with E-state index >= 15 is 0 Å². The standard InChI is InChI=1S/2C20H18F2NO3PS.C19H15ClF2NO3PS.2C5H14NO.2CH4.H2/c2*1-12-3-6-18-14(9-12)15(11-28-18)19(27(2,25)26)20(24)23-8-7-13-4-5-16(21)17(22)10-13;1-27(25,26)18(14-10-28-17-5-3-12(20)9-13(14)17)19(24)23-7-6-11-2-4-15(21)16(22)8-11;2*1-6(2,3)4-5-7;;;/h2*3-11,19H,1-2H3,(H,23,24)(H,25,26);2-10,18H,1H3,(H,23,24)(H,25,26);2*7H,4-5H2,1-3H3;2*1H4;1H/q;;;2*+1;;;/p-1/b2*8-7+;7-6+;;;;;/i;;;;;;;1+1. The summed E-state index contributed by atoms with van der Waals surface area (Å²) in [5.41, 5.74) is 0.414. The first-order valence-electron chi connectivity index (χ1n) is 29.7. The van der Waals surface area contributed by atoms with E-state index in [2.05, 4.69) is 58.2 Å². The van der Waals surface area contributed by atoms with Gasteiger partial charge in [0.25, 0.3) is 0 Å². The Morgan fingerprint density at radius 3 is 1.05 bits per heavy atom. The van der Waals surface area contributed by atoms with Crippen LogP contribution in [0.3, 0.4) is 0 Å². The minimum Gasteiger partial charge on any atom is -0.799 e. The second kappa shape index (κ2) is 38.4. The van der Waals surface area contributed by atoms with Crippen molar-refractivity contribution in [2.75, 3.05) is 88.6 Å². The highest BCUT2D eigenvalue weighted by molar-refractivity contribution is 7.59. The molecule has 9 aromatic rings. The number of thiophene rings is 3. The molecule has 0 spiro atoms. The molecule has 0 radical (unpaired) electrons. The number of hydrogen-bond donors (Lipinski definition) is 7. The van der Waals surface area contributed by atoms with Gasteiger partial charge in [-0.3, -0.25) is 23.5 Å². The SMILES string of the molecule is C.C.CP(=O)([O-])C(C(=O)N/C=C/c1ccc(F)c(F)c1)c1csc2ccc(Cl)cc12.C[N+](C)(C)CCO.C[N+](C)(C)CCO.Cc1ccc2scc(C(C(=O)N/C=C/c3ccc(F)c(F)c3)P(C)(=O)O)c2c1.Cc1ccc2scc(C(C(=O)N/C=C/c3ccc(F)c(F)c3)P(C)(=O)O)c2c1.[2HH]. The number of quaternary nitrogens is 2. The largest absolute Gasteiger partial charge is 0.799 e. The van der Waals surface area contributed by atoms with E-state index in [9.17, 15) is 69.1 Å². The molecule has 0 saturated heterocycles. The molecule has 7 N–H and O–H groups in total. The van der Waals surface area contributed by atoms with E-state index in [1.54, 1.807) is 34.3 Å². The van der Waals surface area contributed by atoms with Gasteiger partial charge < -0.3 is 54.4 Å². The number of aliphatic hydroxyl groups excluding tert-OH is 2. The van der Waals surface area contributed by atoms with E-state index in [1.165, 1.54) is 89.0 Å². The molecule has 6 unspecified atom stereocenters. The Hall–Kier alpha value is -6.89. The number of hydrogen-bond acceptors (Lipinski definition) is 12. The lowest BCUT2D eigenvalue weighted by Gasteiger charge is -2.27. The van der Waals surface area contributed by atoms with Gasteiger partial charge in [0.2, 0.25) is 32.5 Å². The molecule has 0 fully saturated rings. The van der Waals surface area contributed by atoms with Crippen molar-refractivity contribution in [3.63, 3.8) is 0 Å². The van der Waals surface area contributed by atoms with Gasteiger partial charge in [0.15, 0.2) is 34.9 Å². The third kappa shape index (κ3) is 26.8. The van der Waals surface area contributed by atoms with Crippen molar-refractivity contribution in [1.29, 1.82) is 0 Å². The van der Waals surface area contributed by atoms with Gasteiger partial charge in [0, 0.05) is 59.8 Å². The summed E-state index contributed by atoms with van der Waals surface area (Å²) in [7, 11) is 0.571. The van der Waals surface area contributed by atoms with E-state index in [-0.39, 0.29) is 29.5 Å². The highest BCUT2D eigenvalue weighted by atomic mass is 35.5. The summed E-state index contributed by atoms with van der Waals surface area (Å²) in [5.74, 6) is -7.98. The average molecular weight is 1530 g/mol. The Kier molecular flexibility index (Phi) is 33.5. The first-order chi connectivity index (χ1) is 45.6. The number of rotatable bonds is 19. The van der Waals surface area contributed by atoms with Gasteiger partial charge in [-0.05, 0) is 171 Å². The minimum absolute atomic E-state index is 0. The number of aliphatic hydroxyl groups is 2. The van der Waals surface area contributed by atoms with Crippen molar-refractivity contribution < 1.29 is 89.7 Å². The highest BCUT2D eigenvalue weighted by Crippen LogP contribution is 2.56. The summed E-state index contributed by atoms with van der Waals surface area (Å²) < 4.78 is 120. The van der Waals surface area contributed by atoms with Crippen LogP contribution < -0.4 is 20.8 Å². The fourth-order valence-corrected chi connectivity index (χ4v) is 16.2. The van der Waals surface area contributed by atoms with Crippen molar-refractivity contribution in [1.82, 2.24) is 16.0 Å². The molecule has 0 saturated carbocycles. The van der Waals surface area contributed by atoms with Crippen LogP contribution in [0.25, 0.3) is 48.5 Å². The summed E-state index contributed by atoms with van der Waals surface area (Å²) in [4.78, 5) is 70.8. The van der Waals surface area contributed by atoms with Crippen LogP contribution in [0.1, 0.15) is 77.8 Å². The van der Waals surface area contributed by atoms with E-state index in [4.69, 9.17) is 21.8 Å². The maximum Gasteiger partial charge on any atom is 0.241 e. The van der Waals surface area contributed by atoms with Crippen LogP contribution in [-0.4, -0.2) is 135 Å². The number of halogens is 7. The lowest BCUT2D eigenvalue weighted by molar-refractivity contribution is -0.870. The van der Waals surface area contributed by atoms with Crippen LogP contribution >= 0.6 is 67.7 Å². The number of carbonyl (C=O) groups is 3.